The summed E-state index contributed by atoms with van der Waals surface area (Å²) in [6, 6.07) is 8.39. The summed E-state index contributed by atoms with van der Waals surface area (Å²) in [4.78, 5) is 39.9. The van der Waals surface area contributed by atoms with Gasteiger partial charge in [-0.05, 0) is 63.2 Å². The number of hydrogen-bond acceptors (Lipinski definition) is 7. The second-order valence-corrected chi connectivity index (χ2v) is 10.3. The van der Waals surface area contributed by atoms with E-state index in [4.69, 9.17) is 25.5 Å². The smallest absolute Gasteiger partial charge is 0.437 e. The minimum atomic E-state index is -4.51. The minimum absolute atomic E-state index is 0.0905. The van der Waals surface area contributed by atoms with E-state index >= 15 is 0 Å². The number of halogens is 4. The van der Waals surface area contributed by atoms with E-state index in [1.54, 1.807) is 27.8 Å². The Morgan fingerprint density at radius 2 is 1.60 bits per heavy atom. The maximum absolute atomic E-state index is 12.8. The van der Waals surface area contributed by atoms with Crippen LogP contribution in [0.25, 0.3) is 11.5 Å². The highest BCUT2D eigenvalue weighted by molar-refractivity contribution is 6.30. The van der Waals surface area contributed by atoms with Crippen LogP contribution in [0.5, 0.6) is 5.75 Å². The van der Waals surface area contributed by atoms with Crippen LogP contribution < -0.4 is 10.5 Å². The summed E-state index contributed by atoms with van der Waals surface area (Å²) in [7, 11) is 3.03. The fourth-order valence-electron chi connectivity index (χ4n) is 3.25. The Bertz CT molecular complexity index is 1410. The molecule has 216 valence electrons. The van der Waals surface area contributed by atoms with Crippen LogP contribution in [-0.2, 0) is 17.5 Å². The number of rotatable bonds is 7. The summed E-state index contributed by atoms with van der Waals surface area (Å²) >= 11 is 6.11. The Labute approximate surface area is 232 Å². The zero-order chi connectivity index (χ0) is 29.8. The number of amides is 2. The Morgan fingerprint density at radius 1 is 1.00 bits per heavy atom. The number of carbonyl (C=O) groups excluding carboxylic acids is 2. The first kappa shape index (κ1) is 30.5. The van der Waals surface area contributed by atoms with Crippen molar-refractivity contribution in [3.63, 3.8) is 0 Å². The fourth-order valence-corrected chi connectivity index (χ4v) is 3.45. The van der Waals surface area contributed by atoms with Gasteiger partial charge in [0, 0.05) is 43.3 Å². The third-order valence-electron chi connectivity index (χ3n) is 5.39. The molecule has 40 heavy (non-hydrogen) atoms. The minimum Gasteiger partial charge on any atom is -0.444 e. The predicted octanol–water partition coefficient (Wildman–Crippen LogP) is 5.52. The SMILES string of the molecule is CN(CCN(C)C(=O)OC(C)(C)C)C(=O)Oc1ccc(Cl)cc1Cn1nc(-c2ccc(C(F)(F)F)cc2)oc1=O. The molecule has 0 radical (unpaired) electrons. The lowest BCUT2D eigenvalue weighted by Crippen LogP contribution is -2.40. The standard InChI is InChI=1S/C26H28ClF3N4O6/c1-25(2,3)40-23(36)33(5)13-12-32(4)22(35)38-20-11-10-19(27)14-17(20)15-34-24(37)39-21(31-34)16-6-8-18(9-7-16)26(28,29)30/h6-11,14H,12-13,15H2,1-5H3. The largest absolute Gasteiger partial charge is 0.444 e. The van der Waals surface area contributed by atoms with Gasteiger partial charge in [-0.2, -0.15) is 17.9 Å². The molecule has 1 aromatic heterocycles. The van der Waals surface area contributed by atoms with Gasteiger partial charge in [-0.25, -0.2) is 14.4 Å². The van der Waals surface area contributed by atoms with E-state index in [2.05, 4.69) is 5.10 Å². The number of ether oxygens (including phenoxy) is 2. The monoisotopic (exact) mass is 584 g/mol. The van der Waals surface area contributed by atoms with Gasteiger partial charge >= 0.3 is 24.1 Å². The lowest BCUT2D eigenvalue weighted by molar-refractivity contribution is -0.137. The van der Waals surface area contributed by atoms with E-state index in [9.17, 15) is 27.6 Å². The van der Waals surface area contributed by atoms with Crippen molar-refractivity contribution in [1.29, 1.82) is 0 Å². The molecular weight excluding hydrogens is 557 g/mol. The molecule has 1 heterocycles. The van der Waals surface area contributed by atoms with E-state index in [-0.39, 0.29) is 36.8 Å². The number of aromatic nitrogens is 2. The molecule has 2 aromatic carbocycles. The molecule has 0 saturated heterocycles. The van der Waals surface area contributed by atoms with Crippen LogP contribution in [0.4, 0.5) is 22.8 Å². The van der Waals surface area contributed by atoms with E-state index in [1.807, 2.05) is 0 Å². The first-order valence-electron chi connectivity index (χ1n) is 11.9. The molecule has 14 heteroatoms. The second-order valence-electron chi connectivity index (χ2n) is 9.85. The zero-order valence-corrected chi connectivity index (χ0v) is 23.2. The van der Waals surface area contributed by atoms with Crippen molar-refractivity contribution in [3.05, 3.63) is 69.2 Å². The summed E-state index contributed by atoms with van der Waals surface area (Å²) in [6.45, 7) is 5.33. The molecule has 10 nitrogen and oxygen atoms in total. The van der Waals surface area contributed by atoms with Gasteiger partial charge in [0.15, 0.2) is 0 Å². The molecule has 0 aliphatic heterocycles. The van der Waals surface area contributed by atoms with Crippen molar-refractivity contribution in [2.24, 2.45) is 0 Å². The molecule has 3 rings (SSSR count). The number of carbonyl (C=O) groups is 2. The molecular formula is C26H28ClF3N4O6. The van der Waals surface area contributed by atoms with Crippen LogP contribution in [0.1, 0.15) is 31.9 Å². The average molecular weight is 585 g/mol. The van der Waals surface area contributed by atoms with Crippen molar-refractivity contribution in [1.82, 2.24) is 19.6 Å². The van der Waals surface area contributed by atoms with Gasteiger partial charge < -0.3 is 23.7 Å². The zero-order valence-electron chi connectivity index (χ0n) is 22.4. The lowest BCUT2D eigenvalue weighted by atomic mass is 10.1. The van der Waals surface area contributed by atoms with Crippen molar-refractivity contribution < 1.29 is 36.7 Å². The molecule has 0 bridgehead atoms. The van der Waals surface area contributed by atoms with Gasteiger partial charge in [-0.3, -0.25) is 0 Å². The second kappa shape index (κ2) is 12.0. The highest BCUT2D eigenvalue weighted by atomic mass is 35.5. The summed E-state index contributed by atoms with van der Waals surface area (Å²) in [5, 5.41) is 4.35. The summed E-state index contributed by atoms with van der Waals surface area (Å²) in [5.41, 5.74) is -1.04. The first-order chi connectivity index (χ1) is 18.5. The topological polar surface area (TPSA) is 107 Å². The maximum Gasteiger partial charge on any atom is 0.437 e. The molecule has 0 unspecified atom stereocenters. The Hall–Kier alpha value is -4.00. The third kappa shape index (κ3) is 8.25. The van der Waals surface area contributed by atoms with Crippen LogP contribution in [0.15, 0.2) is 51.7 Å². The molecule has 0 spiro atoms. The summed E-state index contributed by atoms with van der Waals surface area (Å²) in [5.74, 6) is -0.977. The molecule has 0 fully saturated rings. The predicted molar refractivity (Wildman–Crippen MR) is 139 cm³/mol. The van der Waals surface area contributed by atoms with Crippen LogP contribution >= 0.6 is 11.6 Å². The third-order valence-corrected chi connectivity index (χ3v) is 5.63. The highest BCUT2D eigenvalue weighted by Crippen LogP contribution is 2.30. The lowest BCUT2D eigenvalue weighted by Gasteiger charge is -2.26. The van der Waals surface area contributed by atoms with Crippen LogP contribution in [-0.4, -0.2) is 64.6 Å². The van der Waals surface area contributed by atoms with Crippen molar-refractivity contribution in [3.8, 4) is 17.2 Å². The van der Waals surface area contributed by atoms with Gasteiger partial charge in [-0.15, -0.1) is 5.10 Å². The normalized spacial score (nSPS) is 11.7. The highest BCUT2D eigenvalue weighted by Gasteiger charge is 2.30. The molecule has 3 aromatic rings. The molecule has 0 saturated carbocycles. The van der Waals surface area contributed by atoms with Gasteiger partial charge in [0.25, 0.3) is 0 Å². The number of hydrogen-bond donors (Lipinski definition) is 0. The first-order valence-corrected chi connectivity index (χ1v) is 12.3. The van der Waals surface area contributed by atoms with Gasteiger partial charge in [0.2, 0.25) is 5.89 Å². The number of alkyl halides is 3. The number of likely N-dealkylation sites (N-methyl/N-ethyl adjacent to an activating group) is 2. The van der Waals surface area contributed by atoms with Crippen LogP contribution in [0.3, 0.4) is 0 Å². The van der Waals surface area contributed by atoms with Crippen LogP contribution in [0, 0.1) is 0 Å². The molecule has 0 aliphatic rings. The average Bonchev–Trinajstić information content (AvgIpc) is 3.22. The summed E-state index contributed by atoms with van der Waals surface area (Å²) in [6.07, 6.45) is -5.79. The van der Waals surface area contributed by atoms with Crippen molar-refractivity contribution >= 4 is 23.8 Å². The van der Waals surface area contributed by atoms with Crippen molar-refractivity contribution in [2.75, 3.05) is 27.2 Å². The van der Waals surface area contributed by atoms with Gasteiger partial charge in [0.05, 0.1) is 12.1 Å². The number of benzene rings is 2. The van der Waals surface area contributed by atoms with Crippen LogP contribution in [0.2, 0.25) is 5.02 Å². The molecule has 0 aliphatic carbocycles. The summed E-state index contributed by atoms with van der Waals surface area (Å²) < 4.78 is 55.4. The van der Waals surface area contributed by atoms with E-state index < -0.39 is 35.3 Å². The van der Waals surface area contributed by atoms with E-state index in [0.717, 1.165) is 28.9 Å². The Morgan fingerprint density at radius 3 is 2.17 bits per heavy atom. The molecule has 0 N–H and O–H groups in total. The maximum atomic E-state index is 12.8. The van der Waals surface area contributed by atoms with Gasteiger partial charge in [0.1, 0.15) is 11.4 Å². The van der Waals surface area contributed by atoms with E-state index in [0.29, 0.717) is 10.6 Å². The molecule has 0 atom stereocenters. The number of nitrogens with zero attached hydrogens (tertiary/aromatic N) is 4. The Kier molecular flexibility index (Phi) is 9.18. The Balaban J connectivity index is 1.70. The van der Waals surface area contributed by atoms with Gasteiger partial charge in [-0.1, -0.05) is 11.6 Å². The quantitative estimate of drug-likeness (QED) is 0.360. The van der Waals surface area contributed by atoms with E-state index in [1.165, 1.54) is 35.0 Å². The molecule has 2 amide bonds. The van der Waals surface area contributed by atoms with Crippen molar-refractivity contribution in [2.45, 2.75) is 39.1 Å². The fraction of sp³-hybridized carbons (Fsp3) is 0.385.